The summed E-state index contributed by atoms with van der Waals surface area (Å²) in [6, 6.07) is -0.0239. The van der Waals surface area contributed by atoms with Gasteiger partial charge in [0.05, 0.1) is 6.04 Å². The highest BCUT2D eigenvalue weighted by Gasteiger charge is 2.15. The van der Waals surface area contributed by atoms with E-state index in [1.54, 1.807) is 6.92 Å². The molecule has 5 heteroatoms. The maximum Gasteiger partial charge on any atom is 0.185 e. The molecule has 0 spiro atoms. The van der Waals surface area contributed by atoms with E-state index in [1.165, 1.54) is 0 Å². The molecule has 0 aromatic rings. The number of Topliss-reactive ketones (excluding diaryl/α,β-unsaturated/α-hetero) is 1. The third-order valence-corrected chi connectivity index (χ3v) is 2.02. The molecule has 5 nitrogen and oxygen atoms in total. The van der Waals surface area contributed by atoms with Crippen molar-refractivity contribution in [2.24, 2.45) is 16.5 Å². The Balaban J connectivity index is 3.84. The third-order valence-electron chi connectivity index (χ3n) is 2.02. The Hall–Kier alpha value is -1.10. The molecule has 0 amide bonds. The molecule has 0 aromatic heterocycles. The Morgan fingerprint density at radius 3 is 2.36 bits per heavy atom. The van der Waals surface area contributed by atoms with Crippen LogP contribution in [0, 0.1) is 0 Å². The van der Waals surface area contributed by atoms with Gasteiger partial charge >= 0.3 is 0 Å². The molecular formula is C9H20N4O. The van der Waals surface area contributed by atoms with E-state index in [4.69, 9.17) is 11.5 Å². The van der Waals surface area contributed by atoms with Crippen molar-refractivity contribution in [2.75, 3.05) is 20.6 Å². The van der Waals surface area contributed by atoms with Gasteiger partial charge in [0.25, 0.3) is 0 Å². The molecule has 0 unspecified atom stereocenters. The summed E-state index contributed by atoms with van der Waals surface area (Å²) < 4.78 is 0. The number of nitrogens with two attached hydrogens (primary N) is 2. The van der Waals surface area contributed by atoms with E-state index in [9.17, 15) is 4.79 Å². The van der Waals surface area contributed by atoms with Crippen molar-refractivity contribution in [1.82, 2.24) is 4.90 Å². The molecule has 0 heterocycles. The van der Waals surface area contributed by atoms with E-state index >= 15 is 0 Å². The minimum Gasteiger partial charge on any atom is -0.370 e. The van der Waals surface area contributed by atoms with Crippen LogP contribution in [0.4, 0.5) is 0 Å². The number of ketones is 1. The summed E-state index contributed by atoms with van der Waals surface area (Å²) in [5.74, 6) is 0.286. The van der Waals surface area contributed by atoms with Crippen LogP contribution in [-0.2, 0) is 4.79 Å². The lowest BCUT2D eigenvalue weighted by molar-refractivity contribution is -0.121. The zero-order chi connectivity index (χ0) is 11.1. The lowest BCUT2D eigenvalue weighted by atomic mass is 10.1. The largest absolute Gasteiger partial charge is 0.370 e. The van der Waals surface area contributed by atoms with Gasteiger partial charge in [-0.1, -0.05) is 0 Å². The lowest BCUT2D eigenvalue weighted by Crippen LogP contribution is -2.34. The second-order valence-corrected chi connectivity index (χ2v) is 3.54. The molecule has 4 N–H and O–H groups in total. The number of aliphatic imine (C=N–C) groups is 1. The molecule has 0 fully saturated rings. The van der Waals surface area contributed by atoms with Crippen molar-refractivity contribution in [1.29, 1.82) is 0 Å². The van der Waals surface area contributed by atoms with Gasteiger partial charge < -0.3 is 11.5 Å². The topological polar surface area (TPSA) is 84.7 Å². The van der Waals surface area contributed by atoms with Crippen LogP contribution >= 0.6 is 0 Å². The molecule has 0 aliphatic rings. The predicted octanol–water partition coefficient (Wildman–Crippen LogP) is -0.441. The highest BCUT2D eigenvalue weighted by atomic mass is 16.1. The first kappa shape index (κ1) is 12.9. The zero-order valence-corrected chi connectivity index (χ0v) is 9.16. The van der Waals surface area contributed by atoms with Crippen LogP contribution in [0.3, 0.4) is 0 Å². The number of likely N-dealkylation sites (N-methyl/N-ethyl adjacent to an activating group) is 1. The van der Waals surface area contributed by atoms with Gasteiger partial charge in [0.15, 0.2) is 5.96 Å². The van der Waals surface area contributed by atoms with Crippen LogP contribution < -0.4 is 11.5 Å². The number of hydrogen-bond acceptors (Lipinski definition) is 3. The van der Waals surface area contributed by atoms with Gasteiger partial charge in [-0.15, -0.1) is 0 Å². The van der Waals surface area contributed by atoms with Gasteiger partial charge in [-0.25, -0.2) is 0 Å². The minimum absolute atomic E-state index is 0.0239. The zero-order valence-electron chi connectivity index (χ0n) is 9.16. The highest BCUT2D eigenvalue weighted by molar-refractivity contribution is 5.81. The van der Waals surface area contributed by atoms with Crippen LogP contribution in [0.1, 0.15) is 19.8 Å². The Labute approximate surface area is 85.2 Å². The normalized spacial score (nSPS) is 12.6. The van der Waals surface area contributed by atoms with E-state index in [2.05, 4.69) is 4.99 Å². The molecule has 0 aliphatic heterocycles. The summed E-state index contributed by atoms with van der Waals surface area (Å²) in [5.41, 5.74) is 10.4. The monoisotopic (exact) mass is 200 g/mol. The highest BCUT2D eigenvalue weighted by Crippen LogP contribution is 2.04. The number of guanidine groups is 1. The fraction of sp³-hybridized carbons (Fsp3) is 0.778. The fourth-order valence-electron chi connectivity index (χ4n) is 1.32. The first-order valence-electron chi connectivity index (χ1n) is 4.67. The molecule has 82 valence electrons. The van der Waals surface area contributed by atoms with E-state index in [-0.39, 0.29) is 17.8 Å². The van der Waals surface area contributed by atoms with Crippen molar-refractivity contribution in [3.8, 4) is 0 Å². The van der Waals surface area contributed by atoms with Crippen LogP contribution in [-0.4, -0.2) is 43.3 Å². The Morgan fingerprint density at radius 2 is 2.00 bits per heavy atom. The second-order valence-electron chi connectivity index (χ2n) is 3.54. The molecule has 14 heavy (non-hydrogen) atoms. The lowest BCUT2D eigenvalue weighted by Gasteiger charge is -2.20. The van der Waals surface area contributed by atoms with Crippen LogP contribution in [0.15, 0.2) is 4.99 Å². The van der Waals surface area contributed by atoms with Gasteiger partial charge in [0, 0.05) is 6.54 Å². The van der Waals surface area contributed by atoms with Crippen LogP contribution in [0.25, 0.3) is 0 Å². The Kier molecular flexibility index (Phi) is 5.87. The first-order valence-corrected chi connectivity index (χ1v) is 4.67. The maximum atomic E-state index is 11.2. The van der Waals surface area contributed by atoms with Crippen molar-refractivity contribution in [3.05, 3.63) is 0 Å². The van der Waals surface area contributed by atoms with E-state index in [1.807, 2.05) is 19.0 Å². The van der Waals surface area contributed by atoms with Crippen molar-refractivity contribution in [3.63, 3.8) is 0 Å². The molecule has 0 aromatic carbocycles. The number of nitrogens with zero attached hydrogens (tertiary/aromatic N) is 2. The summed E-state index contributed by atoms with van der Waals surface area (Å²) >= 11 is 0. The molecule has 0 rings (SSSR count). The third kappa shape index (κ3) is 5.53. The number of carbonyl (C=O) groups is 1. The van der Waals surface area contributed by atoms with Crippen molar-refractivity contribution < 1.29 is 4.79 Å². The van der Waals surface area contributed by atoms with Crippen LogP contribution in [0.5, 0.6) is 0 Å². The Bertz CT molecular complexity index is 209. The Morgan fingerprint density at radius 1 is 1.43 bits per heavy atom. The number of carbonyl (C=O) groups excluding carboxylic acids is 1. The van der Waals surface area contributed by atoms with Crippen molar-refractivity contribution in [2.45, 2.75) is 25.8 Å². The maximum absolute atomic E-state index is 11.2. The van der Waals surface area contributed by atoms with E-state index in [0.717, 1.165) is 12.8 Å². The summed E-state index contributed by atoms with van der Waals surface area (Å²) in [7, 11) is 3.79. The summed E-state index contributed by atoms with van der Waals surface area (Å²) in [4.78, 5) is 17.0. The standard InChI is InChI=1S/C9H20N4O/c1-7(14)8(13(2)3)5-4-6-12-9(10)11/h8H,4-6H2,1-3H3,(H4,10,11,12)/t8-/m1/s1. The minimum atomic E-state index is -0.0239. The average Bonchev–Trinajstić information content (AvgIpc) is 2.01. The number of rotatable bonds is 6. The molecule has 0 radical (unpaired) electrons. The van der Waals surface area contributed by atoms with E-state index < -0.39 is 0 Å². The number of hydrogen-bond donors (Lipinski definition) is 2. The molecule has 0 saturated carbocycles. The molecule has 1 atom stereocenters. The van der Waals surface area contributed by atoms with Gasteiger partial charge in [-0.3, -0.25) is 14.7 Å². The van der Waals surface area contributed by atoms with Gasteiger partial charge in [-0.05, 0) is 33.9 Å². The predicted molar refractivity (Wildman–Crippen MR) is 58.1 cm³/mol. The molecule has 0 saturated heterocycles. The SMILES string of the molecule is CC(=O)[C@@H](CCCN=C(N)N)N(C)C. The van der Waals surface area contributed by atoms with Crippen LogP contribution in [0.2, 0.25) is 0 Å². The van der Waals surface area contributed by atoms with Crippen molar-refractivity contribution >= 4 is 11.7 Å². The molecule has 0 aliphatic carbocycles. The average molecular weight is 200 g/mol. The summed E-state index contributed by atoms with van der Waals surface area (Å²) in [6.45, 7) is 2.19. The summed E-state index contributed by atoms with van der Waals surface area (Å²) in [6.07, 6.45) is 1.61. The smallest absolute Gasteiger partial charge is 0.185 e. The van der Waals surface area contributed by atoms with Gasteiger partial charge in [-0.2, -0.15) is 0 Å². The summed E-state index contributed by atoms with van der Waals surface area (Å²) in [5, 5.41) is 0. The second kappa shape index (κ2) is 6.37. The quantitative estimate of drug-likeness (QED) is 0.346. The van der Waals surface area contributed by atoms with E-state index in [0.29, 0.717) is 6.54 Å². The van der Waals surface area contributed by atoms with Gasteiger partial charge in [0.1, 0.15) is 5.78 Å². The first-order chi connectivity index (χ1) is 6.45. The molecular weight excluding hydrogens is 180 g/mol. The van der Waals surface area contributed by atoms with Gasteiger partial charge in [0.2, 0.25) is 0 Å². The fourth-order valence-corrected chi connectivity index (χ4v) is 1.32. The molecule has 0 bridgehead atoms.